The van der Waals surface area contributed by atoms with E-state index in [1.165, 1.54) is 13.4 Å². The molecule has 0 unspecified atom stereocenters. The van der Waals surface area contributed by atoms with Crippen LogP contribution in [0.1, 0.15) is 30.1 Å². The molecule has 6 nitrogen and oxygen atoms in total. The molecule has 1 fully saturated rings. The summed E-state index contributed by atoms with van der Waals surface area (Å²) in [5, 5.41) is 3.26. The molecule has 1 aromatic heterocycles. The number of hydrogen-bond donors (Lipinski definition) is 1. The number of carbonyl (C=O) groups is 1. The summed E-state index contributed by atoms with van der Waals surface area (Å²) in [7, 11) is 1.51. The number of ether oxygens (including phenoxy) is 1. The van der Waals surface area contributed by atoms with Gasteiger partial charge in [0.1, 0.15) is 23.7 Å². The molecule has 0 bridgehead atoms. The standard InChI is InChI=1S/C18H21ClN4O2/c1-12-5-7-23(8-6-12)17-10-16(20-11-21-17)22-18(24)14-9-13(19)3-4-15(14)25-2/h3-4,9-12H,5-8H2,1-2H3,(H,20,21,22,24). The number of rotatable bonds is 4. The first-order chi connectivity index (χ1) is 12.1. The zero-order valence-electron chi connectivity index (χ0n) is 14.3. The summed E-state index contributed by atoms with van der Waals surface area (Å²) < 4.78 is 5.23. The Labute approximate surface area is 152 Å². The van der Waals surface area contributed by atoms with Gasteiger partial charge in [0, 0.05) is 24.2 Å². The first-order valence-corrected chi connectivity index (χ1v) is 8.66. The van der Waals surface area contributed by atoms with Gasteiger partial charge in [-0.25, -0.2) is 9.97 Å². The van der Waals surface area contributed by atoms with Crippen LogP contribution in [0.2, 0.25) is 5.02 Å². The normalized spacial score (nSPS) is 15.1. The Kier molecular flexibility index (Phi) is 5.38. The Morgan fingerprint density at radius 1 is 1.28 bits per heavy atom. The Morgan fingerprint density at radius 2 is 2.04 bits per heavy atom. The number of hydrogen-bond acceptors (Lipinski definition) is 5. The molecule has 1 saturated heterocycles. The van der Waals surface area contributed by atoms with Crippen molar-refractivity contribution in [2.75, 3.05) is 30.4 Å². The highest BCUT2D eigenvalue weighted by Crippen LogP contribution is 2.25. The van der Waals surface area contributed by atoms with E-state index < -0.39 is 0 Å². The van der Waals surface area contributed by atoms with Crippen LogP contribution in [0, 0.1) is 5.92 Å². The molecular weight excluding hydrogens is 340 g/mol. The molecule has 1 N–H and O–H groups in total. The maximum atomic E-state index is 12.6. The van der Waals surface area contributed by atoms with Crippen LogP contribution in [0.4, 0.5) is 11.6 Å². The number of nitrogens with one attached hydrogen (secondary N) is 1. The van der Waals surface area contributed by atoms with Crippen molar-refractivity contribution in [3.8, 4) is 5.75 Å². The lowest BCUT2D eigenvalue weighted by Gasteiger charge is -2.31. The molecule has 0 radical (unpaired) electrons. The fourth-order valence-electron chi connectivity index (χ4n) is 2.87. The fraction of sp³-hybridized carbons (Fsp3) is 0.389. The Hall–Kier alpha value is -2.34. The van der Waals surface area contributed by atoms with Gasteiger partial charge < -0.3 is 15.0 Å². The van der Waals surface area contributed by atoms with E-state index >= 15 is 0 Å². The number of aromatic nitrogens is 2. The molecule has 0 aliphatic carbocycles. The first-order valence-electron chi connectivity index (χ1n) is 8.28. The summed E-state index contributed by atoms with van der Waals surface area (Å²) in [6, 6.07) is 6.71. The van der Waals surface area contributed by atoms with Gasteiger partial charge in [0.2, 0.25) is 0 Å². The van der Waals surface area contributed by atoms with Crippen molar-refractivity contribution in [2.45, 2.75) is 19.8 Å². The van der Waals surface area contributed by atoms with Crippen molar-refractivity contribution in [1.29, 1.82) is 0 Å². The van der Waals surface area contributed by atoms with Crippen molar-refractivity contribution in [2.24, 2.45) is 5.92 Å². The average molecular weight is 361 g/mol. The molecule has 0 saturated carbocycles. The van der Waals surface area contributed by atoms with Crippen LogP contribution < -0.4 is 15.0 Å². The number of amides is 1. The molecule has 1 aliphatic heterocycles. The van der Waals surface area contributed by atoms with Crippen LogP contribution in [0.25, 0.3) is 0 Å². The highest BCUT2D eigenvalue weighted by Gasteiger charge is 2.18. The van der Waals surface area contributed by atoms with E-state index in [9.17, 15) is 4.79 Å². The molecule has 1 aliphatic rings. The van der Waals surface area contributed by atoms with Gasteiger partial charge in [-0.2, -0.15) is 0 Å². The van der Waals surface area contributed by atoms with Crippen LogP contribution in [0.15, 0.2) is 30.6 Å². The van der Waals surface area contributed by atoms with E-state index in [-0.39, 0.29) is 5.91 Å². The van der Waals surface area contributed by atoms with Gasteiger partial charge in [-0.1, -0.05) is 18.5 Å². The van der Waals surface area contributed by atoms with Gasteiger partial charge in [0.05, 0.1) is 12.7 Å². The number of carbonyl (C=O) groups excluding carboxylic acids is 1. The molecule has 0 atom stereocenters. The second-order valence-corrected chi connectivity index (χ2v) is 6.67. The fourth-order valence-corrected chi connectivity index (χ4v) is 3.04. The van der Waals surface area contributed by atoms with E-state index in [2.05, 4.69) is 27.1 Å². The average Bonchev–Trinajstić information content (AvgIpc) is 2.62. The smallest absolute Gasteiger partial charge is 0.260 e. The van der Waals surface area contributed by atoms with E-state index in [0.29, 0.717) is 22.2 Å². The molecule has 25 heavy (non-hydrogen) atoms. The third-order valence-corrected chi connectivity index (χ3v) is 4.64. The molecule has 132 valence electrons. The lowest BCUT2D eigenvalue weighted by atomic mass is 9.99. The lowest BCUT2D eigenvalue weighted by molar-refractivity contribution is 0.102. The van der Waals surface area contributed by atoms with Crippen molar-refractivity contribution in [3.63, 3.8) is 0 Å². The number of methoxy groups -OCH3 is 1. The number of benzene rings is 1. The van der Waals surface area contributed by atoms with E-state index in [1.54, 1.807) is 24.3 Å². The van der Waals surface area contributed by atoms with Crippen molar-refractivity contribution < 1.29 is 9.53 Å². The molecule has 2 heterocycles. The van der Waals surface area contributed by atoms with Crippen LogP contribution >= 0.6 is 11.6 Å². The summed E-state index contributed by atoms with van der Waals surface area (Å²) in [6.07, 6.45) is 3.76. The quantitative estimate of drug-likeness (QED) is 0.901. The Bertz CT molecular complexity index is 760. The zero-order valence-corrected chi connectivity index (χ0v) is 15.1. The molecule has 1 aromatic carbocycles. The largest absolute Gasteiger partial charge is 0.496 e. The predicted octanol–water partition coefficient (Wildman–Crippen LogP) is 3.63. The SMILES string of the molecule is COc1ccc(Cl)cc1C(=O)Nc1cc(N2CCC(C)CC2)ncn1. The number of nitrogens with zero attached hydrogens (tertiary/aromatic N) is 3. The minimum atomic E-state index is -0.323. The van der Waals surface area contributed by atoms with Gasteiger partial charge >= 0.3 is 0 Å². The van der Waals surface area contributed by atoms with Crippen LogP contribution in [0.5, 0.6) is 5.75 Å². The van der Waals surface area contributed by atoms with Gasteiger partial charge in [-0.05, 0) is 37.0 Å². The zero-order chi connectivity index (χ0) is 17.8. The molecule has 7 heteroatoms. The highest BCUT2D eigenvalue weighted by atomic mass is 35.5. The van der Waals surface area contributed by atoms with Gasteiger partial charge in [-0.15, -0.1) is 0 Å². The van der Waals surface area contributed by atoms with Crippen molar-refractivity contribution in [3.05, 3.63) is 41.2 Å². The molecule has 2 aromatic rings. The topological polar surface area (TPSA) is 67.3 Å². The second-order valence-electron chi connectivity index (χ2n) is 6.23. The van der Waals surface area contributed by atoms with E-state index in [4.69, 9.17) is 16.3 Å². The summed E-state index contributed by atoms with van der Waals surface area (Å²) in [4.78, 5) is 23.3. The summed E-state index contributed by atoms with van der Waals surface area (Å²) in [5.74, 6) is 2.16. The number of piperidine rings is 1. The summed E-state index contributed by atoms with van der Waals surface area (Å²) in [5.41, 5.74) is 0.363. The number of anilines is 2. The highest BCUT2D eigenvalue weighted by molar-refractivity contribution is 6.31. The molecular formula is C18H21ClN4O2. The summed E-state index contributed by atoms with van der Waals surface area (Å²) >= 11 is 5.99. The Morgan fingerprint density at radius 3 is 2.76 bits per heavy atom. The third-order valence-electron chi connectivity index (χ3n) is 4.41. The summed E-state index contributed by atoms with van der Waals surface area (Å²) in [6.45, 7) is 4.20. The number of halogens is 1. The lowest BCUT2D eigenvalue weighted by Crippen LogP contribution is -2.33. The van der Waals surface area contributed by atoms with Gasteiger partial charge in [-0.3, -0.25) is 4.79 Å². The maximum absolute atomic E-state index is 12.6. The van der Waals surface area contributed by atoms with E-state index in [1.807, 2.05) is 0 Å². The van der Waals surface area contributed by atoms with Gasteiger partial charge in [0.15, 0.2) is 0 Å². The van der Waals surface area contributed by atoms with Crippen LogP contribution in [0.3, 0.4) is 0 Å². The monoisotopic (exact) mass is 360 g/mol. The molecule has 3 rings (SSSR count). The Balaban J connectivity index is 1.76. The predicted molar refractivity (Wildman–Crippen MR) is 98.6 cm³/mol. The van der Waals surface area contributed by atoms with Crippen molar-refractivity contribution in [1.82, 2.24) is 9.97 Å². The van der Waals surface area contributed by atoms with Crippen LogP contribution in [-0.2, 0) is 0 Å². The van der Waals surface area contributed by atoms with Gasteiger partial charge in [0.25, 0.3) is 5.91 Å². The minimum Gasteiger partial charge on any atom is -0.496 e. The minimum absolute atomic E-state index is 0.323. The third kappa shape index (κ3) is 4.20. The van der Waals surface area contributed by atoms with Crippen molar-refractivity contribution >= 4 is 29.1 Å². The van der Waals surface area contributed by atoms with E-state index in [0.717, 1.165) is 37.7 Å². The van der Waals surface area contributed by atoms with Crippen LogP contribution in [-0.4, -0.2) is 36.1 Å². The maximum Gasteiger partial charge on any atom is 0.260 e. The molecule has 0 spiro atoms. The first kappa shape index (κ1) is 17.5. The second kappa shape index (κ2) is 7.70. The molecule has 1 amide bonds.